The van der Waals surface area contributed by atoms with Crippen molar-refractivity contribution in [1.29, 1.82) is 0 Å². The number of carbonyl (C=O) groups excluding carboxylic acids is 1. The second kappa shape index (κ2) is 5.32. The third-order valence-corrected chi connectivity index (χ3v) is 5.61. The predicted molar refractivity (Wildman–Crippen MR) is 95.9 cm³/mol. The number of ether oxygens (including phenoxy) is 1. The fraction of sp³-hybridized carbons (Fsp3) is 0.174. The van der Waals surface area contributed by atoms with Gasteiger partial charge in [-0.15, -0.1) is 0 Å². The molecule has 1 aliphatic heterocycles. The molecule has 1 saturated heterocycles. The molecular weight excluding hydrogens is 308 g/mol. The fourth-order valence-electron chi connectivity index (χ4n) is 4.54. The van der Waals surface area contributed by atoms with Gasteiger partial charge in [-0.1, -0.05) is 91.0 Å². The SMILES string of the molecule is O=C1OC(c2ccccc2)(c2ccccc2)C2C1C2c1ccccc1. The average molecular weight is 326 g/mol. The van der Waals surface area contributed by atoms with E-state index in [1.54, 1.807) is 0 Å². The molecule has 0 bridgehead atoms. The molecule has 1 heterocycles. The van der Waals surface area contributed by atoms with Crippen LogP contribution in [0, 0.1) is 11.8 Å². The van der Waals surface area contributed by atoms with Gasteiger partial charge in [0.15, 0.2) is 5.60 Å². The minimum Gasteiger partial charge on any atom is -0.449 e. The van der Waals surface area contributed by atoms with Crippen LogP contribution in [0.3, 0.4) is 0 Å². The lowest BCUT2D eigenvalue weighted by Crippen LogP contribution is -2.33. The van der Waals surface area contributed by atoms with E-state index in [1.165, 1.54) is 5.56 Å². The van der Waals surface area contributed by atoms with Crippen molar-refractivity contribution in [2.45, 2.75) is 11.5 Å². The van der Waals surface area contributed by atoms with Crippen molar-refractivity contribution in [1.82, 2.24) is 0 Å². The van der Waals surface area contributed by atoms with Crippen LogP contribution in [0.2, 0.25) is 0 Å². The molecule has 0 aromatic heterocycles. The lowest BCUT2D eigenvalue weighted by Gasteiger charge is -2.32. The maximum Gasteiger partial charge on any atom is 0.311 e. The standard InChI is InChI=1S/C23H18O2/c24-22-20-19(16-10-4-1-5-11-16)21(20)23(25-22,17-12-6-2-7-13-17)18-14-8-3-9-15-18/h1-15,19-21H. The molecule has 3 aromatic carbocycles. The van der Waals surface area contributed by atoms with Crippen LogP contribution in [0.25, 0.3) is 0 Å². The Morgan fingerprint density at radius 1 is 0.640 bits per heavy atom. The summed E-state index contributed by atoms with van der Waals surface area (Å²) in [6.45, 7) is 0. The van der Waals surface area contributed by atoms with Crippen LogP contribution in [-0.2, 0) is 15.1 Å². The molecule has 1 saturated carbocycles. The summed E-state index contributed by atoms with van der Waals surface area (Å²) in [4.78, 5) is 12.7. The fourth-order valence-corrected chi connectivity index (χ4v) is 4.54. The molecular formula is C23H18O2. The number of hydrogen-bond acceptors (Lipinski definition) is 2. The molecule has 2 aliphatic rings. The third-order valence-electron chi connectivity index (χ3n) is 5.61. The topological polar surface area (TPSA) is 26.3 Å². The van der Waals surface area contributed by atoms with Gasteiger partial charge in [-0.3, -0.25) is 4.79 Å². The molecule has 0 N–H and O–H groups in total. The van der Waals surface area contributed by atoms with Crippen molar-refractivity contribution in [2.75, 3.05) is 0 Å². The Bertz CT molecular complexity index is 863. The van der Waals surface area contributed by atoms with E-state index in [2.05, 4.69) is 36.4 Å². The number of benzene rings is 3. The molecule has 2 heteroatoms. The number of hydrogen-bond donors (Lipinski definition) is 0. The Balaban J connectivity index is 1.69. The average Bonchev–Trinajstić information content (AvgIpc) is 3.37. The van der Waals surface area contributed by atoms with Crippen molar-refractivity contribution < 1.29 is 9.53 Å². The Morgan fingerprint density at radius 3 is 1.64 bits per heavy atom. The second-order valence-corrected chi connectivity index (χ2v) is 6.88. The van der Waals surface area contributed by atoms with Crippen LogP contribution in [0.5, 0.6) is 0 Å². The summed E-state index contributed by atoms with van der Waals surface area (Å²) in [6, 6.07) is 30.7. The van der Waals surface area contributed by atoms with Crippen LogP contribution in [0.4, 0.5) is 0 Å². The number of cyclic esters (lactones) is 1. The summed E-state index contributed by atoms with van der Waals surface area (Å²) < 4.78 is 6.10. The molecule has 1 aliphatic carbocycles. The van der Waals surface area contributed by atoms with Gasteiger partial charge >= 0.3 is 5.97 Å². The highest BCUT2D eigenvalue weighted by atomic mass is 16.6. The summed E-state index contributed by atoms with van der Waals surface area (Å²) in [5.74, 6) is 0.240. The van der Waals surface area contributed by atoms with Crippen molar-refractivity contribution in [3.05, 3.63) is 108 Å². The van der Waals surface area contributed by atoms with Gasteiger partial charge in [0.2, 0.25) is 0 Å². The molecule has 0 spiro atoms. The van der Waals surface area contributed by atoms with Gasteiger partial charge in [0.05, 0.1) is 5.92 Å². The lowest BCUT2D eigenvalue weighted by molar-refractivity contribution is -0.151. The van der Waals surface area contributed by atoms with Gasteiger partial charge in [0.25, 0.3) is 0 Å². The molecule has 0 amide bonds. The minimum absolute atomic E-state index is 0.0530. The minimum atomic E-state index is -0.690. The molecule has 3 atom stereocenters. The zero-order valence-corrected chi connectivity index (χ0v) is 13.7. The van der Waals surface area contributed by atoms with E-state index in [4.69, 9.17) is 4.74 Å². The quantitative estimate of drug-likeness (QED) is 0.662. The Morgan fingerprint density at radius 2 is 1.12 bits per heavy atom. The highest BCUT2D eigenvalue weighted by Gasteiger charge is 2.73. The Kier molecular flexibility index (Phi) is 3.08. The van der Waals surface area contributed by atoms with Crippen LogP contribution < -0.4 is 0 Å². The lowest BCUT2D eigenvalue weighted by atomic mass is 9.81. The van der Waals surface area contributed by atoms with E-state index in [0.29, 0.717) is 0 Å². The van der Waals surface area contributed by atoms with Gasteiger partial charge in [-0.05, 0) is 5.56 Å². The third kappa shape index (κ3) is 2.00. The van der Waals surface area contributed by atoms with E-state index >= 15 is 0 Å². The van der Waals surface area contributed by atoms with Gasteiger partial charge in [-0.25, -0.2) is 0 Å². The van der Waals surface area contributed by atoms with Crippen molar-refractivity contribution >= 4 is 5.97 Å². The van der Waals surface area contributed by atoms with Crippen molar-refractivity contribution in [3.8, 4) is 0 Å². The van der Waals surface area contributed by atoms with E-state index in [9.17, 15) is 4.79 Å². The van der Waals surface area contributed by atoms with Crippen molar-refractivity contribution in [3.63, 3.8) is 0 Å². The molecule has 5 rings (SSSR count). The largest absolute Gasteiger partial charge is 0.449 e. The normalized spacial score (nSPS) is 25.9. The van der Waals surface area contributed by atoms with Gasteiger partial charge in [-0.2, -0.15) is 0 Å². The van der Waals surface area contributed by atoms with Crippen LogP contribution >= 0.6 is 0 Å². The van der Waals surface area contributed by atoms with Gasteiger partial charge in [0.1, 0.15) is 0 Å². The van der Waals surface area contributed by atoms with Gasteiger partial charge < -0.3 is 4.74 Å². The van der Waals surface area contributed by atoms with E-state index in [1.807, 2.05) is 54.6 Å². The number of rotatable bonds is 3. The first kappa shape index (κ1) is 14.5. The highest BCUT2D eigenvalue weighted by molar-refractivity contribution is 5.84. The smallest absolute Gasteiger partial charge is 0.311 e. The van der Waals surface area contributed by atoms with Crippen LogP contribution in [0.1, 0.15) is 22.6 Å². The predicted octanol–water partition coefficient (Wildman–Crippen LogP) is 4.52. The first-order chi connectivity index (χ1) is 12.3. The number of esters is 1. The van der Waals surface area contributed by atoms with Crippen LogP contribution in [0.15, 0.2) is 91.0 Å². The summed E-state index contributed by atoms with van der Waals surface area (Å²) >= 11 is 0. The summed E-state index contributed by atoms with van der Waals surface area (Å²) in [5, 5.41) is 0. The summed E-state index contributed by atoms with van der Waals surface area (Å²) in [7, 11) is 0. The maximum atomic E-state index is 12.7. The van der Waals surface area contributed by atoms with Crippen LogP contribution in [-0.4, -0.2) is 5.97 Å². The molecule has 3 aromatic rings. The Hall–Kier alpha value is -2.87. The van der Waals surface area contributed by atoms with Crippen molar-refractivity contribution in [2.24, 2.45) is 11.8 Å². The van der Waals surface area contributed by atoms with E-state index in [-0.39, 0.29) is 23.7 Å². The summed E-state index contributed by atoms with van der Waals surface area (Å²) in [6.07, 6.45) is 0. The zero-order chi connectivity index (χ0) is 16.9. The first-order valence-electron chi connectivity index (χ1n) is 8.71. The zero-order valence-electron chi connectivity index (χ0n) is 13.7. The maximum absolute atomic E-state index is 12.7. The van der Waals surface area contributed by atoms with Gasteiger partial charge in [0, 0.05) is 23.0 Å². The number of fused-ring (bicyclic) bond motifs is 1. The molecule has 0 radical (unpaired) electrons. The molecule has 3 unspecified atom stereocenters. The molecule has 2 nitrogen and oxygen atoms in total. The highest BCUT2D eigenvalue weighted by Crippen LogP contribution is 2.69. The number of carbonyl (C=O) groups is 1. The monoisotopic (exact) mass is 326 g/mol. The molecule has 122 valence electrons. The summed E-state index contributed by atoms with van der Waals surface area (Å²) in [5.41, 5.74) is 2.65. The molecule has 2 fully saturated rings. The first-order valence-corrected chi connectivity index (χ1v) is 8.71. The second-order valence-electron chi connectivity index (χ2n) is 6.88. The Labute approximate surface area is 147 Å². The molecule has 25 heavy (non-hydrogen) atoms. The van der Waals surface area contributed by atoms with E-state index in [0.717, 1.165) is 11.1 Å². The van der Waals surface area contributed by atoms with E-state index < -0.39 is 5.60 Å².